The molecule has 6 nitrogen and oxygen atoms in total. The number of pyridine rings is 1. The van der Waals surface area contributed by atoms with Crippen molar-refractivity contribution < 1.29 is 27.9 Å². The van der Waals surface area contributed by atoms with Crippen molar-refractivity contribution in [2.75, 3.05) is 0 Å². The smallest absolute Gasteiger partial charge is 0.416 e. The summed E-state index contributed by atoms with van der Waals surface area (Å²) in [5.41, 5.74) is 5.00. The highest BCUT2D eigenvalue weighted by Gasteiger charge is 2.46. The highest BCUT2D eigenvalue weighted by Crippen LogP contribution is 2.46. The highest BCUT2D eigenvalue weighted by molar-refractivity contribution is 6.08. The van der Waals surface area contributed by atoms with Crippen molar-refractivity contribution in [1.82, 2.24) is 14.9 Å². The van der Waals surface area contributed by atoms with Gasteiger partial charge in [0.05, 0.1) is 27.7 Å². The number of benzene rings is 4. The van der Waals surface area contributed by atoms with Crippen LogP contribution in [-0.4, -0.2) is 26.5 Å². The van der Waals surface area contributed by atoms with E-state index in [2.05, 4.69) is 10.3 Å². The Balaban J connectivity index is 1.26. The maximum Gasteiger partial charge on any atom is 0.416 e. The first kappa shape index (κ1) is 30.0. The number of aromatic nitrogens is 2. The molecule has 2 heterocycles. The van der Waals surface area contributed by atoms with Gasteiger partial charge >= 0.3 is 12.1 Å². The molecule has 0 spiro atoms. The highest BCUT2D eigenvalue weighted by atomic mass is 19.4. The Morgan fingerprint density at radius 3 is 2.02 bits per heavy atom. The average molecular weight is 632 g/mol. The maximum atomic E-state index is 14.2. The number of halogens is 3. The quantitative estimate of drug-likeness (QED) is 0.176. The molecule has 1 aliphatic rings. The number of carbonyl (C=O) groups is 2. The van der Waals surface area contributed by atoms with Crippen molar-refractivity contribution in [3.05, 3.63) is 150 Å². The number of carboxylic acids is 1. The van der Waals surface area contributed by atoms with Crippen LogP contribution >= 0.6 is 0 Å². The molecule has 6 aromatic rings. The third-order valence-corrected chi connectivity index (χ3v) is 8.76. The number of fused-ring (bicyclic) bond motifs is 1. The zero-order chi connectivity index (χ0) is 32.8. The topological polar surface area (TPSA) is 84.2 Å². The summed E-state index contributed by atoms with van der Waals surface area (Å²) in [4.78, 5) is 29.6. The van der Waals surface area contributed by atoms with E-state index in [4.69, 9.17) is 0 Å². The first-order valence-electron chi connectivity index (χ1n) is 15.1. The Bertz CT molecular complexity index is 2100. The lowest BCUT2D eigenvalue weighted by Gasteiger charge is -2.20. The van der Waals surface area contributed by atoms with E-state index in [0.29, 0.717) is 41.6 Å². The van der Waals surface area contributed by atoms with Gasteiger partial charge in [0, 0.05) is 30.5 Å². The maximum absolute atomic E-state index is 14.2. The molecular formula is C38H28F3N3O3. The standard InChI is InChI=1S/C38H28F3N3O3/c39-38(40,41)32-11-5-26(6-12-32)30-21-29-15-20-44(23-24-1-3-25(4-2-24)27-13-18-42-19-14-27)34(29)33(22-30)35(45)43-37(16-17-37)31-9-7-28(8-10-31)36(46)47/h1-15,18-22H,16-17,23H2,(H,43,45)(H,46,47). The molecule has 1 fully saturated rings. The lowest BCUT2D eigenvalue weighted by molar-refractivity contribution is -0.137. The van der Waals surface area contributed by atoms with E-state index in [9.17, 15) is 27.9 Å². The van der Waals surface area contributed by atoms with Crippen LogP contribution in [0.3, 0.4) is 0 Å². The number of alkyl halides is 3. The second kappa shape index (κ2) is 11.6. The SMILES string of the molecule is O=C(O)c1ccc(C2(NC(=O)c3cc(-c4ccc(C(F)(F)F)cc4)cc4ccn(Cc5ccc(-c6ccncc6)cc5)c34)CC2)cc1. The molecule has 0 saturated heterocycles. The Labute approximate surface area is 268 Å². The summed E-state index contributed by atoms with van der Waals surface area (Å²) >= 11 is 0. The van der Waals surface area contributed by atoms with Crippen LogP contribution < -0.4 is 5.32 Å². The fraction of sp³-hybridized carbons (Fsp3) is 0.132. The van der Waals surface area contributed by atoms with E-state index in [1.165, 1.54) is 24.3 Å². The van der Waals surface area contributed by atoms with E-state index in [-0.39, 0.29) is 11.5 Å². The Morgan fingerprint density at radius 2 is 1.40 bits per heavy atom. The largest absolute Gasteiger partial charge is 0.478 e. The number of nitrogens with zero attached hydrogens (tertiary/aromatic N) is 2. The minimum Gasteiger partial charge on any atom is -0.478 e. The van der Waals surface area contributed by atoms with Gasteiger partial charge in [0.2, 0.25) is 0 Å². The molecule has 0 aliphatic heterocycles. The summed E-state index contributed by atoms with van der Waals surface area (Å²) in [6.07, 6.45) is 2.33. The van der Waals surface area contributed by atoms with Crippen molar-refractivity contribution >= 4 is 22.8 Å². The van der Waals surface area contributed by atoms with E-state index >= 15 is 0 Å². The van der Waals surface area contributed by atoms with Gasteiger partial charge in [-0.25, -0.2) is 4.79 Å². The van der Waals surface area contributed by atoms with Crippen LogP contribution in [0.4, 0.5) is 13.2 Å². The monoisotopic (exact) mass is 631 g/mol. The van der Waals surface area contributed by atoms with Crippen LogP contribution in [0.5, 0.6) is 0 Å². The fourth-order valence-electron chi connectivity index (χ4n) is 6.04. The molecule has 0 unspecified atom stereocenters. The molecule has 2 N–H and O–H groups in total. The molecule has 0 atom stereocenters. The van der Waals surface area contributed by atoms with Gasteiger partial charge in [0.1, 0.15) is 0 Å². The summed E-state index contributed by atoms with van der Waals surface area (Å²) < 4.78 is 41.8. The first-order chi connectivity index (χ1) is 22.6. The van der Waals surface area contributed by atoms with Crippen LogP contribution in [0.1, 0.15) is 50.2 Å². The molecule has 0 bridgehead atoms. The molecule has 4 aromatic carbocycles. The van der Waals surface area contributed by atoms with Gasteiger partial charge in [-0.2, -0.15) is 13.2 Å². The molecule has 2 aromatic heterocycles. The lowest BCUT2D eigenvalue weighted by atomic mass is 9.97. The first-order valence-corrected chi connectivity index (χ1v) is 15.1. The third kappa shape index (κ3) is 6.00. The molecule has 234 valence electrons. The van der Waals surface area contributed by atoms with E-state index < -0.39 is 23.2 Å². The van der Waals surface area contributed by atoms with Gasteiger partial charge in [-0.15, -0.1) is 0 Å². The third-order valence-electron chi connectivity index (χ3n) is 8.76. The average Bonchev–Trinajstić information content (AvgIpc) is 3.76. The number of nitrogens with one attached hydrogen (secondary N) is 1. The van der Waals surface area contributed by atoms with Crippen molar-refractivity contribution in [3.63, 3.8) is 0 Å². The fourth-order valence-corrected chi connectivity index (χ4v) is 6.04. The Morgan fingerprint density at radius 1 is 0.787 bits per heavy atom. The Kier molecular flexibility index (Phi) is 7.39. The van der Waals surface area contributed by atoms with Gasteiger partial charge < -0.3 is 15.0 Å². The van der Waals surface area contributed by atoms with E-state index in [1.54, 1.807) is 30.6 Å². The van der Waals surface area contributed by atoms with Crippen LogP contribution in [-0.2, 0) is 18.3 Å². The Hall–Kier alpha value is -5.70. The minimum absolute atomic E-state index is 0.161. The minimum atomic E-state index is -4.46. The lowest BCUT2D eigenvalue weighted by Crippen LogP contribution is -2.35. The molecule has 1 aliphatic carbocycles. The predicted octanol–water partition coefficient (Wildman–Crippen LogP) is 8.55. The predicted molar refractivity (Wildman–Crippen MR) is 173 cm³/mol. The normalized spacial score (nSPS) is 13.8. The van der Waals surface area contributed by atoms with Gasteiger partial charge in [-0.3, -0.25) is 9.78 Å². The van der Waals surface area contributed by atoms with Crippen LogP contribution in [0.2, 0.25) is 0 Å². The number of carboxylic acid groups (broad SMARTS) is 1. The number of hydrogen-bond donors (Lipinski definition) is 2. The molecule has 7 rings (SSSR count). The molecule has 0 radical (unpaired) electrons. The summed E-state index contributed by atoms with van der Waals surface area (Å²) in [5, 5.41) is 13.3. The summed E-state index contributed by atoms with van der Waals surface area (Å²) in [5.74, 6) is -1.35. The molecule has 9 heteroatoms. The molecular weight excluding hydrogens is 603 g/mol. The zero-order valence-electron chi connectivity index (χ0n) is 25.0. The summed E-state index contributed by atoms with van der Waals surface area (Å²) in [6.45, 7) is 0.488. The van der Waals surface area contributed by atoms with E-state index in [1.807, 2.05) is 59.3 Å². The van der Waals surface area contributed by atoms with Gasteiger partial charge in [0.15, 0.2) is 0 Å². The number of hydrogen-bond acceptors (Lipinski definition) is 3. The van der Waals surface area contributed by atoms with Crippen molar-refractivity contribution in [3.8, 4) is 22.3 Å². The molecule has 1 saturated carbocycles. The number of aromatic carboxylic acids is 1. The number of carbonyl (C=O) groups excluding carboxylic acids is 1. The second-order valence-electron chi connectivity index (χ2n) is 11.8. The number of amides is 1. The van der Waals surface area contributed by atoms with E-state index in [0.717, 1.165) is 39.8 Å². The second-order valence-corrected chi connectivity index (χ2v) is 11.8. The molecule has 47 heavy (non-hydrogen) atoms. The van der Waals surface area contributed by atoms with Crippen molar-refractivity contribution in [2.45, 2.75) is 31.1 Å². The van der Waals surface area contributed by atoms with Crippen LogP contribution in [0.15, 0.2) is 122 Å². The van der Waals surface area contributed by atoms with Crippen molar-refractivity contribution in [2.24, 2.45) is 0 Å². The van der Waals surface area contributed by atoms with Gasteiger partial charge in [-0.05, 0) is 101 Å². The number of rotatable bonds is 8. The van der Waals surface area contributed by atoms with Crippen LogP contribution in [0.25, 0.3) is 33.2 Å². The molecule has 1 amide bonds. The van der Waals surface area contributed by atoms with Crippen LogP contribution in [0, 0.1) is 0 Å². The zero-order valence-corrected chi connectivity index (χ0v) is 25.0. The summed E-state index contributed by atoms with van der Waals surface area (Å²) in [7, 11) is 0. The summed E-state index contributed by atoms with van der Waals surface area (Å²) in [6, 6.07) is 29.0. The van der Waals surface area contributed by atoms with Crippen molar-refractivity contribution in [1.29, 1.82) is 0 Å². The van der Waals surface area contributed by atoms with Gasteiger partial charge in [-0.1, -0.05) is 48.5 Å². The van der Waals surface area contributed by atoms with Gasteiger partial charge in [0.25, 0.3) is 5.91 Å².